The van der Waals surface area contributed by atoms with E-state index < -0.39 is 12.1 Å². The lowest BCUT2D eigenvalue weighted by Crippen LogP contribution is -2.52. The van der Waals surface area contributed by atoms with Gasteiger partial charge in [-0.1, -0.05) is 6.92 Å². The van der Waals surface area contributed by atoms with Crippen molar-refractivity contribution in [3.05, 3.63) is 0 Å². The Labute approximate surface area is 110 Å². The van der Waals surface area contributed by atoms with Crippen molar-refractivity contribution in [2.24, 2.45) is 0 Å². The van der Waals surface area contributed by atoms with E-state index in [2.05, 4.69) is 23.6 Å². The summed E-state index contributed by atoms with van der Waals surface area (Å²) < 4.78 is 5.25. The molecule has 18 heavy (non-hydrogen) atoms. The number of carbonyl (C=O) groups is 1. The van der Waals surface area contributed by atoms with Gasteiger partial charge >= 0.3 is 5.97 Å². The maximum atomic E-state index is 11.0. The molecule has 0 bridgehead atoms. The van der Waals surface area contributed by atoms with Gasteiger partial charge in [-0.15, -0.1) is 0 Å². The van der Waals surface area contributed by atoms with Gasteiger partial charge in [-0.3, -0.25) is 9.80 Å². The Bertz CT molecular complexity index is 253. The Balaban J connectivity index is 2.36. The second kappa shape index (κ2) is 7.71. The van der Waals surface area contributed by atoms with E-state index in [9.17, 15) is 4.79 Å². The zero-order chi connectivity index (χ0) is 13.5. The molecule has 1 aliphatic rings. The quantitative estimate of drug-likeness (QED) is 0.735. The average molecular weight is 258 g/mol. The second-order valence-electron chi connectivity index (χ2n) is 4.88. The molecular weight excluding hydrogens is 232 g/mol. The minimum absolute atomic E-state index is 0.448. The standard InChI is InChI=1S/C13H26N2O3/c1-4-11(3)15-8-6-14(7-9-15)10-12(13(16)17)18-5-2/h11-12H,4-10H2,1-3H3,(H,16,17). The third-order valence-corrected chi connectivity index (χ3v) is 3.69. The maximum Gasteiger partial charge on any atom is 0.334 e. The number of piperazine rings is 1. The van der Waals surface area contributed by atoms with Crippen LogP contribution in [0.5, 0.6) is 0 Å². The van der Waals surface area contributed by atoms with Crippen LogP contribution in [-0.2, 0) is 9.53 Å². The van der Waals surface area contributed by atoms with Crippen LogP contribution in [0, 0.1) is 0 Å². The Morgan fingerprint density at radius 2 is 1.89 bits per heavy atom. The predicted octanol–water partition coefficient (Wildman–Crippen LogP) is 0.892. The number of nitrogens with zero attached hydrogens (tertiary/aromatic N) is 2. The molecule has 2 atom stereocenters. The first-order chi connectivity index (χ1) is 8.58. The lowest BCUT2D eigenvalue weighted by molar-refractivity contribution is -0.151. The molecule has 1 saturated heterocycles. The number of carboxylic acids is 1. The normalized spacial score (nSPS) is 21.7. The largest absolute Gasteiger partial charge is 0.479 e. The summed E-state index contributed by atoms with van der Waals surface area (Å²) >= 11 is 0. The first-order valence-electron chi connectivity index (χ1n) is 6.89. The van der Waals surface area contributed by atoms with Gasteiger partial charge in [0.05, 0.1) is 0 Å². The van der Waals surface area contributed by atoms with E-state index in [1.807, 2.05) is 6.92 Å². The topological polar surface area (TPSA) is 53.0 Å². The summed E-state index contributed by atoms with van der Waals surface area (Å²) in [4.78, 5) is 15.7. The highest BCUT2D eigenvalue weighted by Gasteiger charge is 2.25. The lowest BCUT2D eigenvalue weighted by Gasteiger charge is -2.38. The summed E-state index contributed by atoms with van der Waals surface area (Å²) in [7, 11) is 0. The Morgan fingerprint density at radius 3 is 2.33 bits per heavy atom. The molecule has 1 fully saturated rings. The fourth-order valence-corrected chi connectivity index (χ4v) is 2.28. The van der Waals surface area contributed by atoms with Gasteiger partial charge in [0.1, 0.15) is 0 Å². The molecule has 2 unspecified atom stereocenters. The molecule has 106 valence electrons. The molecule has 0 amide bonds. The molecule has 0 aromatic rings. The van der Waals surface area contributed by atoms with Gasteiger partial charge in [-0.25, -0.2) is 4.79 Å². The number of hydrogen-bond acceptors (Lipinski definition) is 4. The highest BCUT2D eigenvalue weighted by molar-refractivity contribution is 5.72. The minimum Gasteiger partial charge on any atom is -0.479 e. The van der Waals surface area contributed by atoms with Gasteiger partial charge in [0.25, 0.3) is 0 Å². The summed E-state index contributed by atoms with van der Waals surface area (Å²) in [5.74, 6) is -0.860. The van der Waals surface area contributed by atoms with Gasteiger partial charge in [-0.05, 0) is 20.3 Å². The van der Waals surface area contributed by atoms with E-state index in [0.717, 1.165) is 32.6 Å². The molecule has 5 nitrogen and oxygen atoms in total. The van der Waals surface area contributed by atoms with Gasteiger partial charge in [0.15, 0.2) is 6.10 Å². The smallest absolute Gasteiger partial charge is 0.334 e. The summed E-state index contributed by atoms with van der Waals surface area (Å²) in [6.45, 7) is 11.1. The zero-order valence-electron chi connectivity index (χ0n) is 11.8. The third kappa shape index (κ3) is 4.55. The number of hydrogen-bond donors (Lipinski definition) is 1. The van der Waals surface area contributed by atoms with Gasteiger partial charge in [0.2, 0.25) is 0 Å². The van der Waals surface area contributed by atoms with Crippen LogP contribution in [0.4, 0.5) is 0 Å². The van der Waals surface area contributed by atoms with Crippen LogP contribution in [0.2, 0.25) is 0 Å². The van der Waals surface area contributed by atoms with Crippen LogP contribution in [0.25, 0.3) is 0 Å². The van der Waals surface area contributed by atoms with Crippen LogP contribution < -0.4 is 0 Å². The SMILES string of the molecule is CCOC(CN1CCN(C(C)CC)CC1)C(=O)O. The first-order valence-corrected chi connectivity index (χ1v) is 6.89. The Hall–Kier alpha value is -0.650. The van der Waals surface area contributed by atoms with Crippen molar-refractivity contribution < 1.29 is 14.6 Å². The van der Waals surface area contributed by atoms with Gasteiger partial charge < -0.3 is 9.84 Å². The molecule has 0 aromatic carbocycles. The van der Waals surface area contributed by atoms with E-state index in [-0.39, 0.29) is 0 Å². The molecule has 0 saturated carbocycles. The molecule has 0 spiro atoms. The fraction of sp³-hybridized carbons (Fsp3) is 0.923. The number of ether oxygens (including phenoxy) is 1. The average Bonchev–Trinajstić information content (AvgIpc) is 2.38. The fourth-order valence-electron chi connectivity index (χ4n) is 2.28. The third-order valence-electron chi connectivity index (χ3n) is 3.69. The number of aliphatic carboxylic acids is 1. The molecular formula is C13H26N2O3. The molecule has 0 aromatic heterocycles. The molecule has 1 aliphatic heterocycles. The monoisotopic (exact) mass is 258 g/mol. The van der Waals surface area contributed by atoms with Crippen molar-refractivity contribution in [3.8, 4) is 0 Å². The van der Waals surface area contributed by atoms with Crippen molar-refractivity contribution in [1.29, 1.82) is 0 Å². The van der Waals surface area contributed by atoms with E-state index in [0.29, 0.717) is 19.2 Å². The van der Waals surface area contributed by atoms with Crippen LogP contribution >= 0.6 is 0 Å². The molecule has 5 heteroatoms. The van der Waals surface area contributed by atoms with Crippen LogP contribution in [-0.4, -0.2) is 72.4 Å². The maximum absolute atomic E-state index is 11.0. The highest BCUT2D eigenvalue weighted by atomic mass is 16.5. The van der Waals surface area contributed by atoms with Crippen LogP contribution in [0.15, 0.2) is 0 Å². The van der Waals surface area contributed by atoms with Crippen molar-refractivity contribution in [3.63, 3.8) is 0 Å². The minimum atomic E-state index is -0.860. The van der Waals surface area contributed by atoms with Crippen LogP contribution in [0.3, 0.4) is 0 Å². The Morgan fingerprint density at radius 1 is 1.28 bits per heavy atom. The highest BCUT2D eigenvalue weighted by Crippen LogP contribution is 2.09. The Kier molecular flexibility index (Phi) is 6.60. The van der Waals surface area contributed by atoms with Gasteiger partial charge in [0, 0.05) is 45.4 Å². The van der Waals surface area contributed by atoms with Crippen LogP contribution in [0.1, 0.15) is 27.2 Å². The van der Waals surface area contributed by atoms with E-state index in [1.165, 1.54) is 0 Å². The van der Waals surface area contributed by atoms with E-state index in [1.54, 1.807) is 0 Å². The molecule has 0 aliphatic carbocycles. The molecule has 1 N–H and O–H groups in total. The molecule has 1 heterocycles. The van der Waals surface area contributed by atoms with Gasteiger partial charge in [-0.2, -0.15) is 0 Å². The zero-order valence-corrected chi connectivity index (χ0v) is 11.8. The predicted molar refractivity (Wildman–Crippen MR) is 70.8 cm³/mol. The van der Waals surface area contributed by atoms with Crippen molar-refractivity contribution >= 4 is 5.97 Å². The lowest BCUT2D eigenvalue weighted by atomic mass is 10.2. The van der Waals surface area contributed by atoms with E-state index >= 15 is 0 Å². The summed E-state index contributed by atoms with van der Waals surface area (Å²) in [5, 5.41) is 9.05. The summed E-state index contributed by atoms with van der Waals surface area (Å²) in [6.07, 6.45) is 0.474. The van der Waals surface area contributed by atoms with Crippen molar-refractivity contribution in [1.82, 2.24) is 9.80 Å². The van der Waals surface area contributed by atoms with Crippen molar-refractivity contribution in [2.45, 2.75) is 39.3 Å². The number of carboxylic acid groups (broad SMARTS) is 1. The molecule has 1 rings (SSSR count). The molecule has 0 radical (unpaired) electrons. The second-order valence-corrected chi connectivity index (χ2v) is 4.88. The number of rotatable bonds is 7. The van der Waals surface area contributed by atoms with E-state index in [4.69, 9.17) is 9.84 Å². The summed E-state index contributed by atoms with van der Waals surface area (Å²) in [5.41, 5.74) is 0. The first kappa shape index (κ1) is 15.4. The van der Waals surface area contributed by atoms with Crippen molar-refractivity contribution in [2.75, 3.05) is 39.3 Å². The summed E-state index contributed by atoms with van der Waals surface area (Å²) in [6, 6.07) is 0.620.